The maximum atomic E-state index is 10.7. The summed E-state index contributed by atoms with van der Waals surface area (Å²) in [5.41, 5.74) is 0. The van der Waals surface area contributed by atoms with E-state index in [0.717, 1.165) is 25.9 Å². The summed E-state index contributed by atoms with van der Waals surface area (Å²) in [5.74, 6) is -0.731. The third-order valence-electron chi connectivity index (χ3n) is 3.66. The topological polar surface area (TPSA) is 40.5 Å². The molecule has 0 unspecified atom stereocenters. The normalized spacial score (nSPS) is 11.2. The zero-order chi connectivity index (χ0) is 15.1. The Bertz CT molecular complexity index is 219. The Kier molecular flexibility index (Phi) is 14.4. The minimum absolute atomic E-state index is 0.160. The highest BCUT2D eigenvalue weighted by atomic mass is 16.4. The maximum absolute atomic E-state index is 10.7. The third kappa shape index (κ3) is 13.9. The van der Waals surface area contributed by atoms with Crippen LogP contribution in [0.5, 0.6) is 0 Å². The van der Waals surface area contributed by atoms with Gasteiger partial charge in [0.15, 0.2) is 0 Å². The third-order valence-corrected chi connectivity index (χ3v) is 3.66. The van der Waals surface area contributed by atoms with Gasteiger partial charge in [-0.1, -0.05) is 71.6 Å². The van der Waals surface area contributed by atoms with Gasteiger partial charge in [-0.25, -0.2) is 0 Å². The number of unbranched alkanes of at least 4 members (excludes halogenated alkanes) is 9. The summed E-state index contributed by atoms with van der Waals surface area (Å²) in [6.07, 6.45) is 14.0. The van der Waals surface area contributed by atoms with Crippen LogP contribution in [0.15, 0.2) is 0 Å². The van der Waals surface area contributed by atoms with Crippen LogP contribution in [0.25, 0.3) is 0 Å². The Morgan fingerprint density at radius 2 is 1.40 bits per heavy atom. The van der Waals surface area contributed by atoms with E-state index in [4.69, 9.17) is 5.11 Å². The van der Waals surface area contributed by atoms with Crippen LogP contribution in [0.3, 0.4) is 0 Å². The molecule has 3 heteroatoms. The van der Waals surface area contributed by atoms with Gasteiger partial charge in [0.1, 0.15) is 0 Å². The maximum Gasteiger partial charge on any atom is 0.317 e. The molecule has 1 radical (unpaired) electrons. The highest BCUT2D eigenvalue weighted by Gasteiger charge is 2.07. The average Bonchev–Trinajstić information content (AvgIpc) is 2.40. The van der Waals surface area contributed by atoms with Gasteiger partial charge in [0.25, 0.3) is 0 Å². The van der Waals surface area contributed by atoms with E-state index in [1.54, 1.807) is 0 Å². The molecule has 0 atom stereocenters. The van der Waals surface area contributed by atoms with Gasteiger partial charge in [-0.2, -0.15) is 0 Å². The monoisotopic (exact) mass is 284 g/mol. The molecule has 0 rings (SSSR count). The number of hydrogen-bond donors (Lipinski definition) is 1. The van der Waals surface area contributed by atoms with Gasteiger partial charge in [0, 0.05) is 0 Å². The lowest BCUT2D eigenvalue weighted by atomic mass is 10.1. The zero-order valence-electron chi connectivity index (χ0n) is 13.4. The summed E-state index contributed by atoms with van der Waals surface area (Å²) in [7, 11) is 0. The molecule has 0 aromatic rings. The molecule has 0 aromatic carbocycles. The number of carbonyl (C=O) groups is 1. The molecule has 20 heavy (non-hydrogen) atoms. The summed E-state index contributed by atoms with van der Waals surface area (Å²) in [5, 5.41) is 8.81. The fraction of sp³-hybridized carbons (Fsp3) is 0.882. The van der Waals surface area contributed by atoms with Crippen molar-refractivity contribution in [2.75, 3.05) is 19.6 Å². The van der Waals surface area contributed by atoms with Crippen molar-refractivity contribution in [1.82, 2.24) is 4.90 Å². The summed E-state index contributed by atoms with van der Waals surface area (Å²) in [6.45, 7) is 7.91. The first-order valence-corrected chi connectivity index (χ1v) is 8.44. The average molecular weight is 284 g/mol. The van der Waals surface area contributed by atoms with Gasteiger partial charge in [-0.05, 0) is 25.9 Å². The van der Waals surface area contributed by atoms with Gasteiger partial charge < -0.3 is 5.11 Å². The van der Waals surface area contributed by atoms with Gasteiger partial charge in [-0.15, -0.1) is 0 Å². The van der Waals surface area contributed by atoms with Crippen molar-refractivity contribution in [3.63, 3.8) is 0 Å². The molecule has 0 aliphatic rings. The first-order chi connectivity index (χ1) is 9.70. The molecule has 0 aromatic heterocycles. The van der Waals surface area contributed by atoms with Gasteiger partial charge >= 0.3 is 5.97 Å². The standard InChI is InChI=1S/C17H34NO2/c1-3-5-6-7-8-9-10-11-12-13-15-18(14-4-2)16-17(19)20/h2-16H2,1H3,(H,19,20). The van der Waals surface area contributed by atoms with Crippen LogP contribution in [-0.4, -0.2) is 35.6 Å². The van der Waals surface area contributed by atoms with Crippen LogP contribution >= 0.6 is 0 Å². The van der Waals surface area contributed by atoms with E-state index in [-0.39, 0.29) is 6.54 Å². The Morgan fingerprint density at radius 1 is 0.900 bits per heavy atom. The van der Waals surface area contributed by atoms with E-state index in [0.29, 0.717) is 0 Å². The Morgan fingerprint density at radius 3 is 1.85 bits per heavy atom. The summed E-state index contributed by atoms with van der Waals surface area (Å²) in [6, 6.07) is 0. The van der Waals surface area contributed by atoms with Crippen molar-refractivity contribution in [3.05, 3.63) is 6.92 Å². The van der Waals surface area contributed by atoms with E-state index >= 15 is 0 Å². The first kappa shape index (κ1) is 19.4. The van der Waals surface area contributed by atoms with Crippen molar-refractivity contribution in [3.8, 4) is 0 Å². The molecule has 0 heterocycles. The highest BCUT2D eigenvalue weighted by Crippen LogP contribution is 2.10. The fourth-order valence-electron chi connectivity index (χ4n) is 2.51. The van der Waals surface area contributed by atoms with Crippen molar-refractivity contribution < 1.29 is 9.90 Å². The minimum Gasteiger partial charge on any atom is -0.480 e. The van der Waals surface area contributed by atoms with Crippen molar-refractivity contribution in [1.29, 1.82) is 0 Å². The predicted molar refractivity (Wildman–Crippen MR) is 85.9 cm³/mol. The van der Waals surface area contributed by atoms with Crippen molar-refractivity contribution in [2.45, 2.75) is 77.6 Å². The van der Waals surface area contributed by atoms with Gasteiger partial charge in [-0.3, -0.25) is 9.69 Å². The minimum atomic E-state index is -0.731. The molecule has 119 valence electrons. The Hall–Kier alpha value is -0.570. The predicted octanol–water partition coefficient (Wildman–Crippen LogP) is 4.52. The molecule has 0 saturated carbocycles. The quantitative estimate of drug-likeness (QED) is 0.450. The van der Waals surface area contributed by atoms with Crippen LogP contribution < -0.4 is 0 Å². The second kappa shape index (κ2) is 14.8. The summed E-state index contributed by atoms with van der Waals surface area (Å²) in [4.78, 5) is 12.7. The number of nitrogens with zero attached hydrogens (tertiary/aromatic N) is 1. The smallest absolute Gasteiger partial charge is 0.317 e. The molecule has 0 amide bonds. The molecule has 0 spiro atoms. The summed E-state index contributed by atoms with van der Waals surface area (Å²) < 4.78 is 0. The lowest BCUT2D eigenvalue weighted by Gasteiger charge is -2.19. The number of rotatable bonds is 15. The SMILES string of the molecule is [CH2]CCN(CCCCCCCCCCCC)CC(=O)O. The number of hydrogen-bond acceptors (Lipinski definition) is 2. The molecule has 0 aliphatic heterocycles. The Balaban J connectivity index is 3.34. The lowest BCUT2D eigenvalue weighted by Crippen LogP contribution is -2.31. The number of aliphatic carboxylic acids is 1. The van der Waals surface area contributed by atoms with Crippen molar-refractivity contribution in [2.24, 2.45) is 0 Å². The van der Waals surface area contributed by atoms with Crippen LogP contribution in [0.2, 0.25) is 0 Å². The molecular formula is C17H34NO2. The van der Waals surface area contributed by atoms with Crippen molar-refractivity contribution >= 4 is 5.97 Å². The number of carboxylic acids is 1. The Labute approximate surface area is 125 Å². The van der Waals surface area contributed by atoms with E-state index in [2.05, 4.69) is 13.8 Å². The van der Waals surface area contributed by atoms with E-state index < -0.39 is 5.97 Å². The molecule has 0 aliphatic carbocycles. The molecular weight excluding hydrogens is 250 g/mol. The van der Waals surface area contributed by atoms with E-state index in [1.165, 1.54) is 57.8 Å². The van der Waals surface area contributed by atoms with Crippen LogP contribution in [0, 0.1) is 6.92 Å². The van der Waals surface area contributed by atoms with E-state index in [9.17, 15) is 4.79 Å². The molecule has 0 saturated heterocycles. The van der Waals surface area contributed by atoms with Gasteiger partial charge in [0.2, 0.25) is 0 Å². The highest BCUT2D eigenvalue weighted by molar-refractivity contribution is 5.69. The fourth-order valence-corrected chi connectivity index (χ4v) is 2.51. The van der Waals surface area contributed by atoms with Crippen LogP contribution in [-0.2, 0) is 4.79 Å². The second-order valence-corrected chi connectivity index (χ2v) is 5.71. The van der Waals surface area contributed by atoms with E-state index in [1.807, 2.05) is 4.90 Å². The zero-order valence-corrected chi connectivity index (χ0v) is 13.4. The van der Waals surface area contributed by atoms with Crippen LogP contribution in [0.1, 0.15) is 77.6 Å². The van der Waals surface area contributed by atoms with Crippen LogP contribution in [0.4, 0.5) is 0 Å². The largest absolute Gasteiger partial charge is 0.480 e. The molecule has 0 fully saturated rings. The lowest BCUT2D eigenvalue weighted by molar-refractivity contribution is -0.138. The van der Waals surface area contributed by atoms with Gasteiger partial charge in [0.05, 0.1) is 6.54 Å². The first-order valence-electron chi connectivity index (χ1n) is 8.44. The molecule has 3 nitrogen and oxygen atoms in total. The number of carboxylic acid groups (broad SMARTS) is 1. The molecule has 0 bridgehead atoms. The molecule has 1 N–H and O–H groups in total. The second-order valence-electron chi connectivity index (χ2n) is 5.71. The summed E-state index contributed by atoms with van der Waals surface area (Å²) >= 11 is 0.